The van der Waals surface area contributed by atoms with Crippen LogP contribution in [-0.4, -0.2) is 10.4 Å². The number of nitrogens with zero attached hydrogens (tertiary/aromatic N) is 1. The number of para-hydroxylation sites is 1. The summed E-state index contributed by atoms with van der Waals surface area (Å²) in [6.45, 7) is 3.72. The highest BCUT2D eigenvalue weighted by molar-refractivity contribution is 6.13. The molecule has 2 aliphatic heterocycles. The fourth-order valence-corrected chi connectivity index (χ4v) is 3.64. The number of Topliss-reactive ketones (excluding diaryl/α,β-unsaturated/α-hetero) is 1. The Morgan fingerprint density at radius 2 is 1.96 bits per heavy atom. The van der Waals surface area contributed by atoms with Gasteiger partial charge in [-0.1, -0.05) is 43.0 Å². The molecule has 0 amide bonds. The lowest BCUT2D eigenvalue weighted by atomic mass is 9.92. The van der Waals surface area contributed by atoms with Gasteiger partial charge < -0.3 is 9.30 Å². The quantitative estimate of drug-likeness (QED) is 0.744. The maximum atomic E-state index is 12.2. The lowest BCUT2D eigenvalue weighted by Gasteiger charge is -2.14. The van der Waals surface area contributed by atoms with Gasteiger partial charge in [-0.05, 0) is 23.8 Å². The van der Waals surface area contributed by atoms with Crippen LogP contribution in [0.2, 0.25) is 0 Å². The Hall–Kier alpha value is -3.07. The van der Waals surface area contributed by atoms with Gasteiger partial charge in [0.1, 0.15) is 5.75 Å². The molecule has 3 heteroatoms. The number of carbonyl (C=O) groups is 1. The first kappa shape index (κ1) is 12.5. The van der Waals surface area contributed by atoms with Crippen LogP contribution in [0.5, 0.6) is 5.75 Å². The summed E-state index contributed by atoms with van der Waals surface area (Å²) in [5.41, 5.74) is 5.04. The minimum Gasteiger partial charge on any atom is -0.452 e. The molecule has 1 unspecified atom stereocenters. The molecule has 3 heterocycles. The Morgan fingerprint density at radius 1 is 1.09 bits per heavy atom. The largest absolute Gasteiger partial charge is 0.452 e. The molecule has 1 aromatic heterocycles. The van der Waals surface area contributed by atoms with Crippen molar-refractivity contribution in [1.82, 2.24) is 4.57 Å². The van der Waals surface area contributed by atoms with E-state index in [1.165, 1.54) is 5.57 Å². The van der Waals surface area contributed by atoms with Crippen LogP contribution in [0.3, 0.4) is 0 Å². The first-order chi connectivity index (χ1) is 11.3. The summed E-state index contributed by atoms with van der Waals surface area (Å²) < 4.78 is 7.95. The Morgan fingerprint density at radius 3 is 2.87 bits per heavy atom. The Kier molecular flexibility index (Phi) is 2.29. The standard InChI is InChI=1S/C20H13NO2/c1-12-19(22)15-8-4-7-14(20(15)23-12)18-13-6-2-3-9-16(13)21-11-5-10-17(18)21/h2-11,16H,1H2. The number of aromatic nitrogens is 1. The SMILES string of the molecule is C=C1Oc2c(cccc2C2=C3C=CC=CC3n3cccc32)C1=O. The molecule has 0 saturated heterocycles. The fraction of sp³-hybridized carbons (Fsp3) is 0.0500. The molecule has 5 rings (SSSR count). The number of fused-ring (bicyclic) bond motifs is 4. The summed E-state index contributed by atoms with van der Waals surface area (Å²) in [6, 6.07) is 10.1. The van der Waals surface area contributed by atoms with Crippen LogP contribution in [0.15, 0.2) is 78.7 Å². The highest BCUT2D eigenvalue weighted by Gasteiger charge is 2.34. The van der Waals surface area contributed by atoms with Gasteiger partial charge in [0.15, 0.2) is 5.76 Å². The summed E-state index contributed by atoms with van der Waals surface area (Å²) >= 11 is 0. The predicted molar refractivity (Wildman–Crippen MR) is 88.3 cm³/mol. The van der Waals surface area contributed by atoms with Gasteiger partial charge in [0.25, 0.3) is 0 Å². The third-order valence-electron chi connectivity index (χ3n) is 4.63. The summed E-state index contributed by atoms with van der Waals surface area (Å²) in [4.78, 5) is 12.2. The molecule has 2 aromatic rings. The molecule has 0 N–H and O–H groups in total. The number of hydrogen-bond donors (Lipinski definition) is 0. The Balaban J connectivity index is 1.81. The molecule has 0 spiro atoms. The highest BCUT2D eigenvalue weighted by atomic mass is 16.5. The van der Waals surface area contributed by atoms with Gasteiger partial charge >= 0.3 is 0 Å². The number of ketones is 1. The number of ether oxygens (including phenoxy) is 1. The first-order valence-electron chi connectivity index (χ1n) is 7.57. The van der Waals surface area contributed by atoms with Crippen molar-refractivity contribution < 1.29 is 9.53 Å². The van der Waals surface area contributed by atoms with Crippen LogP contribution in [0.25, 0.3) is 5.57 Å². The molecule has 0 bridgehead atoms. The van der Waals surface area contributed by atoms with Crippen LogP contribution < -0.4 is 4.74 Å². The van der Waals surface area contributed by atoms with E-state index in [-0.39, 0.29) is 17.6 Å². The number of carbonyl (C=O) groups excluding carboxylic acids is 1. The summed E-state index contributed by atoms with van der Waals surface area (Å²) in [6.07, 6.45) is 10.5. The predicted octanol–water partition coefficient (Wildman–Crippen LogP) is 4.06. The minimum absolute atomic E-state index is 0.128. The number of allylic oxidation sites excluding steroid dienone is 6. The van der Waals surface area contributed by atoms with Crippen molar-refractivity contribution in [2.45, 2.75) is 6.04 Å². The van der Waals surface area contributed by atoms with Crippen molar-refractivity contribution in [1.29, 1.82) is 0 Å². The summed E-state index contributed by atoms with van der Waals surface area (Å²) in [7, 11) is 0. The maximum Gasteiger partial charge on any atom is 0.231 e. The van der Waals surface area contributed by atoms with Crippen LogP contribution in [0, 0.1) is 0 Å². The second kappa shape index (κ2) is 4.23. The van der Waals surface area contributed by atoms with E-state index in [1.54, 1.807) is 6.07 Å². The second-order valence-corrected chi connectivity index (χ2v) is 5.86. The minimum atomic E-state index is -0.128. The monoisotopic (exact) mass is 299 g/mol. The fourth-order valence-electron chi connectivity index (χ4n) is 3.64. The molecule has 23 heavy (non-hydrogen) atoms. The molecule has 1 aliphatic carbocycles. The van der Waals surface area contributed by atoms with E-state index >= 15 is 0 Å². The molecule has 1 aromatic carbocycles. The second-order valence-electron chi connectivity index (χ2n) is 5.86. The van der Waals surface area contributed by atoms with E-state index in [2.05, 4.69) is 41.6 Å². The lowest BCUT2D eigenvalue weighted by Crippen LogP contribution is -2.03. The van der Waals surface area contributed by atoms with Crippen molar-refractivity contribution in [3.05, 3.63) is 95.6 Å². The highest BCUT2D eigenvalue weighted by Crippen LogP contribution is 2.47. The molecule has 110 valence electrons. The molecular weight excluding hydrogens is 286 g/mol. The van der Waals surface area contributed by atoms with Gasteiger partial charge in [0.2, 0.25) is 5.78 Å². The molecule has 0 fully saturated rings. The number of rotatable bonds is 1. The van der Waals surface area contributed by atoms with Crippen molar-refractivity contribution in [3.63, 3.8) is 0 Å². The molecule has 3 aliphatic rings. The van der Waals surface area contributed by atoms with Gasteiger partial charge in [0.05, 0.1) is 11.6 Å². The van der Waals surface area contributed by atoms with E-state index in [4.69, 9.17) is 4.74 Å². The van der Waals surface area contributed by atoms with Crippen LogP contribution in [0.1, 0.15) is 27.7 Å². The topological polar surface area (TPSA) is 31.2 Å². The van der Waals surface area contributed by atoms with Gasteiger partial charge in [-0.2, -0.15) is 0 Å². The molecule has 3 nitrogen and oxygen atoms in total. The molecule has 0 saturated carbocycles. The van der Waals surface area contributed by atoms with Crippen LogP contribution in [-0.2, 0) is 0 Å². The lowest BCUT2D eigenvalue weighted by molar-refractivity contribution is 0.101. The molecular formula is C20H13NO2. The van der Waals surface area contributed by atoms with E-state index in [9.17, 15) is 4.79 Å². The molecule has 0 radical (unpaired) electrons. The Labute approximate surface area is 133 Å². The van der Waals surface area contributed by atoms with E-state index < -0.39 is 0 Å². The first-order valence-corrected chi connectivity index (χ1v) is 7.57. The van der Waals surface area contributed by atoms with Gasteiger partial charge in [-0.15, -0.1) is 0 Å². The number of benzene rings is 1. The third-order valence-corrected chi connectivity index (χ3v) is 4.63. The molecule has 1 atom stereocenters. The van der Waals surface area contributed by atoms with Gasteiger partial charge in [0, 0.05) is 23.0 Å². The average Bonchev–Trinajstić information content (AvgIpc) is 3.22. The van der Waals surface area contributed by atoms with Crippen molar-refractivity contribution in [2.75, 3.05) is 0 Å². The van der Waals surface area contributed by atoms with Gasteiger partial charge in [-0.3, -0.25) is 4.79 Å². The van der Waals surface area contributed by atoms with Gasteiger partial charge in [-0.25, -0.2) is 0 Å². The van der Waals surface area contributed by atoms with E-state index in [0.29, 0.717) is 11.3 Å². The average molecular weight is 299 g/mol. The summed E-state index contributed by atoms with van der Waals surface area (Å²) in [5, 5.41) is 0. The third kappa shape index (κ3) is 1.51. The zero-order valence-electron chi connectivity index (χ0n) is 12.3. The van der Waals surface area contributed by atoms with Crippen LogP contribution in [0.4, 0.5) is 0 Å². The zero-order valence-corrected chi connectivity index (χ0v) is 12.3. The summed E-state index contributed by atoms with van der Waals surface area (Å²) in [5.74, 6) is 0.694. The maximum absolute atomic E-state index is 12.2. The van der Waals surface area contributed by atoms with Crippen molar-refractivity contribution >= 4 is 11.4 Å². The number of hydrogen-bond acceptors (Lipinski definition) is 2. The van der Waals surface area contributed by atoms with E-state index in [1.807, 2.05) is 24.3 Å². The van der Waals surface area contributed by atoms with Crippen molar-refractivity contribution in [3.8, 4) is 5.75 Å². The van der Waals surface area contributed by atoms with Crippen LogP contribution >= 0.6 is 0 Å². The Bertz CT molecular complexity index is 985. The normalized spacial score (nSPS) is 20.6. The smallest absolute Gasteiger partial charge is 0.231 e. The zero-order chi connectivity index (χ0) is 15.6. The van der Waals surface area contributed by atoms with E-state index in [0.717, 1.165) is 16.8 Å². The van der Waals surface area contributed by atoms with Crippen molar-refractivity contribution in [2.24, 2.45) is 0 Å².